The molecule has 0 unspecified atom stereocenters. The van der Waals surface area contributed by atoms with E-state index in [0.717, 1.165) is 37.2 Å². The Hall–Kier alpha value is -1.52. The summed E-state index contributed by atoms with van der Waals surface area (Å²) >= 11 is 0. The van der Waals surface area contributed by atoms with Crippen LogP contribution in [0.5, 0.6) is 0 Å². The first-order valence-electron chi connectivity index (χ1n) is 6.89. The van der Waals surface area contributed by atoms with Crippen LogP contribution < -0.4 is 5.32 Å². The lowest BCUT2D eigenvalue weighted by Gasteiger charge is -2.30. The number of amides is 2. The Labute approximate surface area is 107 Å². The fraction of sp³-hybridized carbons (Fsp3) is 0.692. The fourth-order valence-corrected chi connectivity index (χ4v) is 2.90. The normalized spacial score (nSPS) is 20.6. The van der Waals surface area contributed by atoms with Gasteiger partial charge in [0.1, 0.15) is 0 Å². The van der Waals surface area contributed by atoms with Crippen molar-refractivity contribution >= 4 is 6.03 Å². The van der Waals surface area contributed by atoms with Gasteiger partial charge in [0.15, 0.2) is 0 Å². The van der Waals surface area contributed by atoms with E-state index >= 15 is 0 Å². The third-order valence-electron chi connectivity index (χ3n) is 3.99. The predicted octanol–water partition coefficient (Wildman–Crippen LogP) is 1.81. The monoisotopic (exact) mass is 248 g/mol. The lowest BCUT2D eigenvalue weighted by Crippen LogP contribution is -2.47. The molecule has 1 aliphatic carbocycles. The highest BCUT2D eigenvalue weighted by molar-refractivity contribution is 5.74. The maximum Gasteiger partial charge on any atom is 0.317 e. The van der Waals surface area contributed by atoms with Gasteiger partial charge in [-0.1, -0.05) is 19.3 Å². The van der Waals surface area contributed by atoms with Crippen molar-refractivity contribution in [2.75, 3.05) is 6.54 Å². The first-order valence-corrected chi connectivity index (χ1v) is 6.89. The minimum Gasteiger partial charge on any atom is -0.347 e. The summed E-state index contributed by atoms with van der Waals surface area (Å²) in [6, 6.07) is 0.469. The van der Waals surface area contributed by atoms with Crippen molar-refractivity contribution in [2.24, 2.45) is 0 Å². The van der Waals surface area contributed by atoms with E-state index in [1.807, 2.05) is 4.90 Å². The van der Waals surface area contributed by atoms with Gasteiger partial charge in [-0.15, -0.1) is 0 Å². The molecule has 1 fully saturated rings. The molecule has 98 valence electrons. The molecule has 0 spiro atoms. The van der Waals surface area contributed by atoms with Gasteiger partial charge in [-0.05, 0) is 12.8 Å². The Bertz CT molecular complexity index is 422. The van der Waals surface area contributed by atoms with Crippen LogP contribution in [0.25, 0.3) is 0 Å². The van der Waals surface area contributed by atoms with Gasteiger partial charge in [0.2, 0.25) is 0 Å². The van der Waals surface area contributed by atoms with Crippen molar-refractivity contribution in [1.29, 1.82) is 0 Å². The molecule has 1 saturated carbocycles. The zero-order valence-electron chi connectivity index (χ0n) is 10.6. The van der Waals surface area contributed by atoms with Crippen LogP contribution >= 0.6 is 0 Å². The van der Waals surface area contributed by atoms with Crippen molar-refractivity contribution in [3.05, 3.63) is 17.7 Å². The molecule has 18 heavy (non-hydrogen) atoms. The van der Waals surface area contributed by atoms with Gasteiger partial charge < -0.3 is 15.2 Å². The van der Waals surface area contributed by atoms with Crippen LogP contribution in [-0.2, 0) is 13.0 Å². The number of nitrogens with one attached hydrogen (secondary N) is 2. The molecule has 0 atom stereocenters. The van der Waals surface area contributed by atoms with Crippen molar-refractivity contribution in [2.45, 2.75) is 51.1 Å². The molecule has 5 nitrogen and oxygen atoms in total. The largest absolute Gasteiger partial charge is 0.347 e. The summed E-state index contributed by atoms with van der Waals surface area (Å²) in [6.45, 7) is 1.43. The van der Waals surface area contributed by atoms with E-state index < -0.39 is 0 Å². The molecule has 1 aromatic heterocycles. The highest BCUT2D eigenvalue weighted by Gasteiger charge is 2.24. The molecule has 0 aromatic carbocycles. The summed E-state index contributed by atoms with van der Waals surface area (Å²) in [6.07, 6.45) is 8.65. The molecule has 0 bridgehead atoms. The Kier molecular flexibility index (Phi) is 3.21. The number of nitrogens with zero attached hydrogens (tertiary/aromatic N) is 2. The second-order valence-electron chi connectivity index (χ2n) is 5.28. The number of aromatic nitrogens is 2. The molecule has 2 N–H and O–H groups in total. The minimum atomic E-state index is 0.0853. The van der Waals surface area contributed by atoms with E-state index in [1.54, 1.807) is 6.33 Å². The molecule has 1 aliphatic heterocycles. The van der Waals surface area contributed by atoms with Crippen LogP contribution in [0.4, 0.5) is 4.79 Å². The highest BCUT2D eigenvalue weighted by atomic mass is 16.2. The van der Waals surface area contributed by atoms with Crippen molar-refractivity contribution in [3.8, 4) is 0 Å². The lowest BCUT2D eigenvalue weighted by molar-refractivity contribution is 0.183. The quantitative estimate of drug-likeness (QED) is 0.796. The van der Waals surface area contributed by atoms with E-state index in [0.29, 0.717) is 12.6 Å². The number of hydrogen-bond acceptors (Lipinski definition) is 2. The Morgan fingerprint density at radius 3 is 3.06 bits per heavy atom. The summed E-state index contributed by atoms with van der Waals surface area (Å²) in [5.74, 6) is 0. The third kappa shape index (κ3) is 2.35. The zero-order valence-corrected chi connectivity index (χ0v) is 10.6. The molecular formula is C13H20N4O. The summed E-state index contributed by atoms with van der Waals surface area (Å²) in [4.78, 5) is 21.4. The van der Waals surface area contributed by atoms with E-state index in [9.17, 15) is 4.79 Å². The molecule has 2 aliphatic rings. The van der Waals surface area contributed by atoms with Crippen LogP contribution in [0.1, 0.15) is 43.5 Å². The number of carbonyl (C=O) groups excluding carboxylic acids is 1. The summed E-state index contributed by atoms with van der Waals surface area (Å²) in [7, 11) is 0. The number of imidazole rings is 1. The average molecular weight is 248 g/mol. The number of aromatic amines is 1. The topological polar surface area (TPSA) is 61.0 Å². The summed E-state index contributed by atoms with van der Waals surface area (Å²) in [5, 5.41) is 3.16. The van der Waals surface area contributed by atoms with Gasteiger partial charge in [-0.3, -0.25) is 0 Å². The number of fused-ring (bicyclic) bond motifs is 1. The van der Waals surface area contributed by atoms with Crippen LogP contribution in [0.3, 0.4) is 0 Å². The van der Waals surface area contributed by atoms with Gasteiger partial charge in [0.05, 0.1) is 24.3 Å². The molecule has 2 heterocycles. The number of carbonyl (C=O) groups is 1. The second-order valence-corrected chi connectivity index (χ2v) is 5.28. The highest BCUT2D eigenvalue weighted by Crippen LogP contribution is 2.19. The van der Waals surface area contributed by atoms with Gasteiger partial charge in [0.25, 0.3) is 0 Å². The first-order chi connectivity index (χ1) is 8.83. The van der Waals surface area contributed by atoms with Gasteiger partial charge in [0, 0.05) is 19.0 Å². The Balaban J connectivity index is 1.57. The third-order valence-corrected chi connectivity index (χ3v) is 3.99. The fourth-order valence-electron chi connectivity index (χ4n) is 2.90. The van der Waals surface area contributed by atoms with Crippen LogP contribution in [0.2, 0.25) is 0 Å². The minimum absolute atomic E-state index is 0.0853. The molecule has 0 saturated heterocycles. The molecule has 0 radical (unpaired) electrons. The van der Waals surface area contributed by atoms with Gasteiger partial charge in [-0.2, -0.15) is 0 Å². The number of rotatable bonds is 1. The Morgan fingerprint density at radius 2 is 2.22 bits per heavy atom. The van der Waals surface area contributed by atoms with E-state index in [2.05, 4.69) is 15.3 Å². The standard InChI is InChI=1S/C13H20N4O/c18-13(16-10-4-2-1-3-5-10)17-7-6-11-12(8-17)15-9-14-11/h9-10H,1-8H2,(H,14,15)(H,16,18). The molecule has 3 rings (SSSR count). The van der Waals surface area contributed by atoms with E-state index in [4.69, 9.17) is 0 Å². The maximum absolute atomic E-state index is 12.2. The summed E-state index contributed by atoms with van der Waals surface area (Å²) < 4.78 is 0. The van der Waals surface area contributed by atoms with Crippen molar-refractivity contribution in [1.82, 2.24) is 20.2 Å². The van der Waals surface area contributed by atoms with Gasteiger partial charge in [-0.25, -0.2) is 9.78 Å². The predicted molar refractivity (Wildman–Crippen MR) is 68.1 cm³/mol. The molecule has 5 heteroatoms. The SMILES string of the molecule is O=C(NC1CCCCC1)N1CCc2nc[nH]c2C1. The molecular weight excluding hydrogens is 228 g/mol. The van der Waals surface area contributed by atoms with Crippen LogP contribution in [-0.4, -0.2) is 33.5 Å². The summed E-state index contributed by atoms with van der Waals surface area (Å²) in [5.41, 5.74) is 2.19. The zero-order chi connectivity index (χ0) is 12.4. The van der Waals surface area contributed by atoms with Gasteiger partial charge >= 0.3 is 6.03 Å². The number of H-pyrrole nitrogens is 1. The maximum atomic E-state index is 12.2. The smallest absolute Gasteiger partial charge is 0.317 e. The van der Waals surface area contributed by atoms with Crippen molar-refractivity contribution < 1.29 is 4.79 Å². The van der Waals surface area contributed by atoms with E-state index in [1.165, 1.54) is 19.3 Å². The lowest BCUT2D eigenvalue weighted by atomic mass is 9.96. The molecule has 2 amide bonds. The van der Waals surface area contributed by atoms with Crippen LogP contribution in [0, 0.1) is 0 Å². The van der Waals surface area contributed by atoms with Crippen LogP contribution in [0.15, 0.2) is 6.33 Å². The van der Waals surface area contributed by atoms with E-state index in [-0.39, 0.29) is 6.03 Å². The molecule has 1 aromatic rings. The second kappa shape index (κ2) is 5.00. The average Bonchev–Trinajstić information content (AvgIpc) is 2.87. The number of urea groups is 1. The number of hydrogen-bond donors (Lipinski definition) is 2. The van der Waals surface area contributed by atoms with Crippen molar-refractivity contribution in [3.63, 3.8) is 0 Å². The Morgan fingerprint density at radius 1 is 1.39 bits per heavy atom. The first kappa shape index (κ1) is 11.6.